The Morgan fingerprint density at radius 2 is 1.77 bits per heavy atom. The summed E-state index contributed by atoms with van der Waals surface area (Å²) >= 11 is 0. The standard InChI is InChI=1S/C21H23NO4/c23-20(22-12-11-16-5-2-1-3-6-16)14-26-21(24)15-25-19-10-9-17-7-4-8-18(17)13-19/h1-3,5-6,9-10,13H,4,7-8,11-12,14-15H2,(H,22,23). The van der Waals surface area contributed by atoms with E-state index < -0.39 is 5.97 Å². The van der Waals surface area contributed by atoms with Crippen LogP contribution in [0.4, 0.5) is 0 Å². The Hall–Kier alpha value is -2.82. The van der Waals surface area contributed by atoms with Crippen molar-refractivity contribution < 1.29 is 19.1 Å². The van der Waals surface area contributed by atoms with Gasteiger partial charge in [0, 0.05) is 6.54 Å². The number of ether oxygens (including phenoxy) is 2. The van der Waals surface area contributed by atoms with Gasteiger partial charge in [0.25, 0.3) is 5.91 Å². The maximum absolute atomic E-state index is 11.7. The Balaban J connectivity index is 1.31. The number of rotatable bonds is 8. The molecule has 2 aromatic carbocycles. The molecule has 0 saturated carbocycles. The van der Waals surface area contributed by atoms with Crippen molar-refractivity contribution >= 4 is 11.9 Å². The van der Waals surface area contributed by atoms with Crippen molar-refractivity contribution in [3.8, 4) is 5.75 Å². The summed E-state index contributed by atoms with van der Waals surface area (Å²) in [7, 11) is 0. The number of aryl methyl sites for hydroxylation is 2. The largest absolute Gasteiger partial charge is 0.482 e. The molecule has 1 N–H and O–H groups in total. The van der Waals surface area contributed by atoms with Gasteiger partial charge in [0.05, 0.1) is 0 Å². The number of benzene rings is 2. The van der Waals surface area contributed by atoms with Gasteiger partial charge in [-0.25, -0.2) is 4.79 Å². The van der Waals surface area contributed by atoms with Crippen molar-refractivity contribution in [1.82, 2.24) is 5.32 Å². The van der Waals surface area contributed by atoms with Gasteiger partial charge in [0.1, 0.15) is 5.75 Å². The highest BCUT2D eigenvalue weighted by Crippen LogP contribution is 2.25. The quantitative estimate of drug-likeness (QED) is 0.741. The van der Waals surface area contributed by atoms with Gasteiger partial charge in [-0.15, -0.1) is 0 Å². The van der Waals surface area contributed by atoms with E-state index in [1.165, 1.54) is 17.5 Å². The molecule has 0 atom stereocenters. The third-order valence-electron chi connectivity index (χ3n) is 4.37. The molecule has 136 valence electrons. The zero-order chi connectivity index (χ0) is 18.2. The first-order valence-electron chi connectivity index (χ1n) is 8.91. The van der Waals surface area contributed by atoms with Crippen LogP contribution < -0.4 is 10.1 Å². The van der Waals surface area contributed by atoms with Gasteiger partial charge >= 0.3 is 5.97 Å². The summed E-state index contributed by atoms with van der Waals surface area (Å²) in [5.41, 5.74) is 3.79. The topological polar surface area (TPSA) is 64.6 Å². The molecule has 0 fully saturated rings. The molecule has 0 aromatic heterocycles. The van der Waals surface area contributed by atoms with E-state index >= 15 is 0 Å². The fourth-order valence-corrected chi connectivity index (χ4v) is 3.01. The van der Waals surface area contributed by atoms with Crippen molar-refractivity contribution in [2.75, 3.05) is 19.8 Å². The number of esters is 1. The zero-order valence-electron chi connectivity index (χ0n) is 14.7. The number of carbonyl (C=O) groups is 2. The lowest BCUT2D eigenvalue weighted by molar-refractivity contribution is -0.150. The lowest BCUT2D eigenvalue weighted by Crippen LogP contribution is -2.31. The normalized spacial score (nSPS) is 12.3. The molecule has 0 unspecified atom stereocenters. The molecule has 1 aliphatic carbocycles. The van der Waals surface area contributed by atoms with E-state index in [2.05, 4.69) is 5.32 Å². The highest BCUT2D eigenvalue weighted by Gasteiger charge is 2.12. The Bertz CT molecular complexity index is 758. The van der Waals surface area contributed by atoms with E-state index in [4.69, 9.17) is 9.47 Å². The average molecular weight is 353 g/mol. The average Bonchev–Trinajstić information content (AvgIpc) is 3.13. The Morgan fingerprint density at radius 3 is 2.62 bits per heavy atom. The molecule has 0 bridgehead atoms. The Morgan fingerprint density at radius 1 is 0.962 bits per heavy atom. The SMILES string of the molecule is O=C(COC(=O)COc1ccc2c(c1)CCC2)NCCc1ccccc1. The van der Waals surface area contributed by atoms with Crippen LogP contribution in [0.25, 0.3) is 0 Å². The molecule has 0 saturated heterocycles. The number of nitrogens with one attached hydrogen (secondary N) is 1. The van der Waals surface area contributed by atoms with Gasteiger partial charge in [0.15, 0.2) is 13.2 Å². The second-order valence-electron chi connectivity index (χ2n) is 6.32. The fourth-order valence-electron chi connectivity index (χ4n) is 3.01. The predicted octanol–water partition coefficient (Wildman–Crippen LogP) is 2.46. The summed E-state index contributed by atoms with van der Waals surface area (Å²) in [5.74, 6) is -0.203. The number of amides is 1. The molecule has 1 amide bonds. The molecular weight excluding hydrogens is 330 g/mol. The molecule has 5 heteroatoms. The third kappa shape index (κ3) is 5.34. The lowest BCUT2D eigenvalue weighted by atomic mass is 10.1. The fraction of sp³-hybridized carbons (Fsp3) is 0.333. The molecule has 0 radical (unpaired) electrons. The predicted molar refractivity (Wildman–Crippen MR) is 98.1 cm³/mol. The van der Waals surface area contributed by atoms with Crippen LogP contribution in [0.5, 0.6) is 5.75 Å². The van der Waals surface area contributed by atoms with Crippen molar-refractivity contribution in [3.63, 3.8) is 0 Å². The molecule has 5 nitrogen and oxygen atoms in total. The summed E-state index contributed by atoms with van der Waals surface area (Å²) in [6.07, 6.45) is 4.07. The summed E-state index contributed by atoms with van der Waals surface area (Å²) in [6.45, 7) is 0.0171. The van der Waals surface area contributed by atoms with Crippen molar-refractivity contribution in [2.45, 2.75) is 25.7 Å². The van der Waals surface area contributed by atoms with Gasteiger partial charge in [-0.05, 0) is 54.5 Å². The van der Waals surface area contributed by atoms with Crippen molar-refractivity contribution in [1.29, 1.82) is 0 Å². The number of fused-ring (bicyclic) bond motifs is 1. The molecule has 2 aromatic rings. The minimum Gasteiger partial charge on any atom is -0.482 e. The maximum Gasteiger partial charge on any atom is 0.344 e. The molecule has 0 spiro atoms. The van der Waals surface area contributed by atoms with Crippen LogP contribution >= 0.6 is 0 Å². The lowest BCUT2D eigenvalue weighted by Gasteiger charge is -2.09. The van der Waals surface area contributed by atoms with Crippen LogP contribution in [0.1, 0.15) is 23.1 Å². The molecule has 1 aliphatic rings. The highest BCUT2D eigenvalue weighted by molar-refractivity contribution is 5.80. The van der Waals surface area contributed by atoms with Crippen LogP contribution in [0.2, 0.25) is 0 Å². The maximum atomic E-state index is 11.7. The Labute approximate surface area is 153 Å². The summed E-state index contributed by atoms with van der Waals surface area (Å²) in [4.78, 5) is 23.4. The van der Waals surface area contributed by atoms with Crippen LogP contribution in [-0.4, -0.2) is 31.6 Å². The van der Waals surface area contributed by atoms with Gasteiger partial charge in [0.2, 0.25) is 0 Å². The molecule has 0 aliphatic heterocycles. The molecule has 26 heavy (non-hydrogen) atoms. The van der Waals surface area contributed by atoms with E-state index in [0.717, 1.165) is 24.8 Å². The van der Waals surface area contributed by atoms with Gasteiger partial charge in [-0.3, -0.25) is 4.79 Å². The van der Waals surface area contributed by atoms with Crippen LogP contribution in [0.3, 0.4) is 0 Å². The summed E-state index contributed by atoms with van der Waals surface area (Å²) in [6, 6.07) is 15.8. The van der Waals surface area contributed by atoms with Crippen molar-refractivity contribution in [3.05, 3.63) is 65.2 Å². The van der Waals surface area contributed by atoms with E-state index in [1.54, 1.807) is 0 Å². The summed E-state index contributed by atoms with van der Waals surface area (Å²) in [5, 5.41) is 2.73. The number of carbonyl (C=O) groups excluding carboxylic acids is 2. The molecule has 3 rings (SSSR count). The van der Waals surface area contributed by atoms with E-state index in [-0.39, 0.29) is 19.1 Å². The number of hydrogen-bond donors (Lipinski definition) is 1. The minimum absolute atomic E-state index is 0.198. The first kappa shape index (κ1) is 18.0. The van der Waals surface area contributed by atoms with Crippen LogP contribution in [0.15, 0.2) is 48.5 Å². The van der Waals surface area contributed by atoms with Crippen LogP contribution in [0, 0.1) is 0 Å². The highest BCUT2D eigenvalue weighted by atomic mass is 16.6. The smallest absolute Gasteiger partial charge is 0.344 e. The molecular formula is C21H23NO4. The van der Waals surface area contributed by atoms with Crippen LogP contribution in [-0.2, 0) is 33.6 Å². The first-order chi connectivity index (χ1) is 12.7. The number of hydrogen-bond acceptors (Lipinski definition) is 4. The summed E-state index contributed by atoms with van der Waals surface area (Å²) < 4.78 is 10.4. The van der Waals surface area contributed by atoms with Gasteiger partial charge in [-0.2, -0.15) is 0 Å². The Kier molecular flexibility index (Phi) is 6.25. The first-order valence-corrected chi connectivity index (χ1v) is 8.91. The van der Waals surface area contributed by atoms with E-state index in [9.17, 15) is 9.59 Å². The zero-order valence-corrected chi connectivity index (χ0v) is 14.7. The van der Waals surface area contributed by atoms with Crippen molar-refractivity contribution in [2.24, 2.45) is 0 Å². The monoisotopic (exact) mass is 353 g/mol. The minimum atomic E-state index is -0.552. The van der Waals surface area contributed by atoms with Gasteiger partial charge in [-0.1, -0.05) is 36.4 Å². The molecule has 0 heterocycles. The second kappa shape index (κ2) is 9.04. The van der Waals surface area contributed by atoms with E-state index in [1.807, 2.05) is 48.5 Å². The third-order valence-corrected chi connectivity index (χ3v) is 4.37. The second-order valence-corrected chi connectivity index (χ2v) is 6.32. The van der Waals surface area contributed by atoms with Gasteiger partial charge < -0.3 is 14.8 Å². The van der Waals surface area contributed by atoms with E-state index in [0.29, 0.717) is 12.3 Å².